The maximum Gasteiger partial charge on any atom is 0.240 e. The van der Waals surface area contributed by atoms with Gasteiger partial charge in [-0.05, 0) is 49.3 Å². The van der Waals surface area contributed by atoms with Crippen molar-refractivity contribution in [2.24, 2.45) is 11.7 Å². The summed E-state index contributed by atoms with van der Waals surface area (Å²) in [5.74, 6) is 0.824. The van der Waals surface area contributed by atoms with Crippen molar-refractivity contribution in [1.29, 1.82) is 0 Å². The summed E-state index contributed by atoms with van der Waals surface area (Å²) >= 11 is 0. The standard InChI is InChI=1S/C21H33N3O.2ClH/c1-17-6-5-13-24(15-17)16-19-9-7-18(8-10-19)14-23-20(25)21(22)11-3-2-4-12-21;;/h7-10,17H,2-6,11-16,22H2,1H3,(H,23,25);2*1H. The molecule has 1 heterocycles. The van der Waals surface area contributed by atoms with Crippen LogP contribution >= 0.6 is 24.8 Å². The smallest absolute Gasteiger partial charge is 0.240 e. The van der Waals surface area contributed by atoms with Gasteiger partial charge in [-0.15, -0.1) is 24.8 Å². The van der Waals surface area contributed by atoms with Crippen molar-refractivity contribution in [3.8, 4) is 0 Å². The van der Waals surface area contributed by atoms with E-state index in [1.165, 1.54) is 37.9 Å². The summed E-state index contributed by atoms with van der Waals surface area (Å²) in [6.45, 7) is 6.35. The normalized spacial score (nSPS) is 22.2. The Bertz CT molecular complexity index is 573. The molecule has 1 unspecified atom stereocenters. The van der Waals surface area contributed by atoms with Crippen molar-refractivity contribution in [3.63, 3.8) is 0 Å². The van der Waals surface area contributed by atoms with Crippen LogP contribution in [0, 0.1) is 5.92 Å². The predicted molar refractivity (Wildman–Crippen MR) is 116 cm³/mol. The van der Waals surface area contributed by atoms with Crippen molar-refractivity contribution in [1.82, 2.24) is 10.2 Å². The maximum absolute atomic E-state index is 12.4. The lowest BCUT2D eigenvalue weighted by atomic mass is 9.82. The number of hydrogen-bond acceptors (Lipinski definition) is 3. The predicted octanol–water partition coefficient (Wildman–Crippen LogP) is 4.04. The highest BCUT2D eigenvalue weighted by Gasteiger charge is 2.34. The molecule has 3 rings (SSSR count). The van der Waals surface area contributed by atoms with Gasteiger partial charge in [-0.1, -0.05) is 50.5 Å². The van der Waals surface area contributed by atoms with E-state index in [9.17, 15) is 4.79 Å². The lowest BCUT2D eigenvalue weighted by Crippen LogP contribution is -2.54. The summed E-state index contributed by atoms with van der Waals surface area (Å²) in [6, 6.07) is 8.65. The maximum atomic E-state index is 12.4. The van der Waals surface area contributed by atoms with E-state index in [0.29, 0.717) is 6.54 Å². The Hall–Kier alpha value is -0.810. The van der Waals surface area contributed by atoms with Gasteiger partial charge in [0.25, 0.3) is 0 Å². The highest BCUT2D eigenvalue weighted by molar-refractivity contribution is 5.86. The molecule has 1 aliphatic carbocycles. The minimum atomic E-state index is -0.650. The van der Waals surface area contributed by atoms with Crippen molar-refractivity contribution in [3.05, 3.63) is 35.4 Å². The van der Waals surface area contributed by atoms with Crippen LogP contribution in [0.1, 0.15) is 63.0 Å². The van der Waals surface area contributed by atoms with Gasteiger partial charge in [0, 0.05) is 19.6 Å². The summed E-state index contributed by atoms with van der Waals surface area (Å²) in [4.78, 5) is 15.0. The molecule has 0 spiro atoms. The quantitative estimate of drug-likeness (QED) is 0.762. The number of carbonyl (C=O) groups excluding carboxylic acids is 1. The van der Waals surface area contributed by atoms with Crippen molar-refractivity contribution in [2.75, 3.05) is 13.1 Å². The number of likely N-dealkylation sites (tertiary alicyclic amines) is 1. The molecular weight excluding hydrogens is 381 g/mol. The fourth-order valence-electron chi connectivity index (χ4n) is 4.22. The van der Waals surface area contributed by atoms with Gasteiger partial charge >= 0.3 is 0 Å². The molecular formula is C21H35Cl2N3O. The molecule has 1 aromatic rings. The summed E-state index contributed by atoms with van der Waals surface area (Å²) in [5, 5.41) is 3.04. The van der Waals surface area contributed by atoms with Crippen LogP contribution in [-0.4, -0.2) is 29.4 Å². The third-order valence-corrected chi connectivity index (χ3v) is 5.82. The first-order valence-electron chi connectivity index (χ1n) is 9.92. The SMILES string of the molecule is CC1CCCN(Cc2ccc(CNC(=O)C3(N)CCCCC3)cc2)C1.Cl.Cl. The van der Waals surface area contributed by atoms with E-state index in [-0.39, 0.29) is 30.7 Å². The van der Waals surface area contributed by atoms with Gasteiger partial charge in [0.05, 0.1) is 5.54 Å². The Morgan fingerprint density at radius 3 is 2.37 bits per heavy atom. The van der Waals surface area contributed by atoms with Gasteiger partial charge in [-0.25, -0.2) is 0 Å². The Labute approximate surface area is 176 Å². The van der Waals surface area contributed by atoms with E-state index in [1.807, 2.05) is 0 Å². The molecule has 3 N–H and O–H groups in total. The molecule has 6 heteroatoms. The number of amides is 1. The number of piperidine rings is 1. The summed E-state index contributed by atoms with van der Waals surface area (Å²) < 4.78 is 0. The molecule has 27 heavy (non-hydrogen) atoms. The zero-order chi connectivity index (χ0) is 17.7. The van der Waals surface area contributed by atoms with Crippen molar-refractivity contribution in [2.45, 2.75) is 70.5 Å². The molecule has 1 aliphatic heterocycles. The molecule has 1 saturated heterocycles. The number of rotatable bonds is 5. The number of nitrogens with one attached hydrogen (secondary N) is 1. The lowest BCUT2D eigenvalue weighted by molar-refractivity contribution is -0.127. The lowest BCUT2D eigenvalue weighted by Gasteiger charge is -2.32. The average Bonchev–Trinajstić information content (AvgIpc) is 2.61. The second-order valence-corrected chi connectivity index (χ2v) is 8.20. The van der Waals surface area contributed by atoms with Crippen LogP contribution in [0.2, 0.25) is 0 Å². The van der Waals surface area contributed by atoms with Crippen LogP contribution in [0.15, 0.2) is 24.3 Å². The fourth-order valence-corrected chi connectivity index (χ4v) is 4.22. The fraction of sp³-hybridized carbons (Fsp3) is 0.667. The van der Waals surface area contributed by atoms with Crippen molar-refractivity contribution >= 4 is 30.7 Å². The van der Waals surface area contributed by atoms with Gasteiger partial charge in [-0.3, -0.25) is 9.69 Å². The van der Waals surface area contributed by atoms with Crippen LogP contribution in [0.5, 0.6) is 0 Å². The van der Waals surface area contributed by atoms with Crippen LogP contribution in [-0.2, 0) is 17.9 Å². The Balaban J connectivity index is 0.00000182. The zero-order valence-electron chi connectivity index (χ0n) is 16.4. The Morgan fingerprint density at radius 1 is 1.11 bits per heavy atom. The topological polar surface area (TPSA) is 58.4 Å². The minimum Gasteiger partial charge on any atom is -0.350 e. The largest absolute Gasteiger partial charge is 0.350 e. The van der Waals surface area contributed by atoms with Crippen LogP contribution in [0.25, 0.3) is 0 Å². The number of nitrogens with zero attached hydrogens (tertiary/aromatic N) is 1. The molecule has 0 aromatic heterocycles. The molecule has 0 radical (unpaired) electrons. The number of nitrogens with two attached hydrogens (primary N) is 1. The number of halogens is 2. The average molecular weight is 416 g/mol. The zero-order valence-corrected chi connectivity index (χ0v) is 18.0. The second-order valence-electron chi connectivity index (χ2n) is 8.20. The number of carbonyl (C=O) groups is 1. The van der Waals surface area contributed by atoms with E-state index in [2.05, 4.69) is 41.4 Å². The molecule has 4 nitrogen and oxygen atoms in total. The molecule has 2 fully saturated rings. The Kier molecular flexibility index (Phi) is 10.1. The second kappa shape index (κ2) is 11.3. The van der Waals surface area contributed by atoms with E-state index < -0.39 is 5.54 Å². The first-order valence-corrected chi connectivity index (χ1v) is 9.92. The minimum absolute atomic E-state index is 0. The molecule has 1 amide bonds. The van der Waals surface area contributed by atoms with Gasteiger partial charge in [-0.2, -0.15) is 0 Å². The third-order valence-electron chi connectivity index (χ3n) is 5.82. The highest BCUT2D eigenvalue weighted by atomic mass is 35.5. The molecule has 1 aromatic carbocycles. The Morgan fingerprint density at radius 2 is 1.74 bits per heavy atom. The van der Waals surface area contributed by atoms with Gasteiger partial charge in [0.1, 0.15) is 0 Å². The van der Waals surface area contributed by atoms with Gasteiger partial charge < -0.3 is 11.1 Å². The first kappa shape index (κ1) is 24.2. The highest BCUT2D eigenvalue weighted by Crippen LogP contribution is 2.26. The summed E-state index contributed by atoms with van der Waals surface area (Å²) in [5.41, 5.74) is 8.13. The number of hydrogen-bond donors (Lipinski definition) is 2. The van der Waals surface area contributed by atoms with E-state index in [0.717, 1.165) is 43.7 Å². The monoisotopic (exact) mass is 415 g/mol. The molecule has 1 atom stereocenters. The molecule has 0 bridgehead atoms. The molecule has 154 valence electrons. The van der Waals surface area contributed by atoms with E-state index >= 15 is 0 Å². The summed E-state index contributed by atoms with van der Waals surface area (Å²) in [7, 11) is 0. The van der Waals surface area contributed by atoms with Crippen LogP contribution in [0.4, 0.5) is 0 Å². The van der Waals surface area contributed by atoms with Gasteiger partial charge in [0.2, 0.25) is 5.91 Å². The third kappa shape index (κ3) is 6.94. The number of benzene rings is 1. The van der Waals surface area contributed by atoms with Crippen molar-refractivity contribution < 1.29 is 4.79 Å². The molecule has 1 saturated carbocycles. The first-order chi connectivity index (χ1) is 12.0. The van der Waals surface area contributed by atoms with Gasteiger partial charge in [0.15, 0.2) is 0 Å². The van der Waals surface area contributed by atoms with Crippen LogP contribution < -0.4 is 11.1 Å². The van der Waals surface area contributed by atoms with E-state index in [1.54, 1.807) is 0 Å². The summed E-state index contributed by atoms with van der Waals surface area (Å²) in [6.07, 6.45) is 7.62. The molecule has 2 aliphatic rings. The van der Waals surface area contributed by atoms with E-state index in [4.69, 9.17) is 5.73 Å². The van der Waals surface area contributed by atoms with Crippen LogP contribution in [0.3, 0.4) is 0 Å².